The summed E-state index contributed by atoms with van der Waals surface area (Å²) >= 11 is 0. The minimum Gasteiger partial charge on any atom is -0.493 e. The first kappa shape index (κ1) is 20.1. The van der Waals surface area contributed by atoms with Crippen LogP contribution in [0.25, 0.3) is 10.9 Å². The highest BCUT2D eigenvalue weighted by Crippen LogP contribution is 2.36. The number of fused-ring (bicyclic) bond motifs is 1. The van der Waals surface area contributed by atoms with Crippen LogP contribution in [0.4, 0.5) is 6.01 Å². The first-order valence-corrected chi connectivity index (χ1v) is 9.43. The standard InChI is InChI=1S/C22H20N4O5/c1-13-24-22(31-26-13)25-21(27)10-14-4-6-15(7-5-14)30-18-8-9-23-17-12-20(29-3)19(28-2)11-16(17)18/h4-9,11-12H,10H2,1-3H3,(H,24,25,26,27). The van der Waals surface area contributed by atoms with Gasteiger partial charge < -0.3 is 18.7 Å². The zero-order valence-electron chi connectivity index (χ0n) is 17.2. The molecule has 4 aromatic rings. The normalized spacial score (nSPS) is 10.7. The molecule has 0 saturated heterocycles. The third kappa shape index (κ3) is 4.55. The molecule has 1 N–H and O–H groups in total. The van der Waals surface area contributed by atoms with Gasteiger partial charge in [0, 0.05) is 17.6 Å². The molecule has 0 aliphatic heterocycles. The van der Waals surface area contributed by atoms with Gasteiger partial charge in [-0.15, -0.1) is 0 Å². The van der Waals surface area contributed by atoms with Crippen LogP contribution in [0.3, 0.4) is 0 Å². The van der Waals surface area contributed by atoms with E-state index in [0.29, 0.717) is 28.8 Å². The number of hydrogen-bond donors (Lipinski definition) is 1. The van der Waals surface area contributed by atoms with Crippen molar-refractivity contribution in [2.24, 2.45) is 0 Å². The number of nitrogens with zero attached hydrogens (tertiary/aromatic N) is 3. The van der Waals surface area contributed by atoms with Crippen LogP contribution in [-0.4, -0.2) is 35.3 Å². The summed E-state index contributed by atoms with van der Waals surface area (Å²) in [6.45, 7) is 1.68. The summed E-state index contributed by atoms with van der Waals surface area (Å²) in [6, 6.07) is 12.7. The van der Waals surface area contributed by atoms with E-state index in [2.05, 4.69) is 20.4 Å². The van der Waals surface area contributed by atoms with E-state index in [0.717, 1.165) is 16.5 Å². The molecule has 0 fully saturated rings. The van der Waals surface area contributed by atoms with E-state index in [9.17, 15) is 4.79 Å². The molecule has 1 amide bonds. The quantitative estimate of drug-likeness (QED) is 0.479. The van der Waals surface area contributed by atoms with Crippen molar-refractivity contribution >= 4 is 22.8 Å². The summed E-state index contributed by atoms with van der Waals surface area (Å²) in [5, 5.41) is 6.99. The first-order valence-electron chi connectivity index (χ1n) is 9.43. The van der Waals surface area contributed by atoms with E-state index in [-0.39, 0.29) is 18.3 Å². The molecule has 2 heterocycles. The second-order valence-electron chi connectivity index (χ2n) is 6.65. The largest absolute Gasteiger partial charge is 0.493 e. The zero-order chi connectivity index (χ0) is 21.8. The van der Waals surface area contributed by atoms with Crippen LogP contribution in [0.5, 0.6) is 23.0 Å². The summed E-state index contributed by atoms with van der Waals surface area (Å²) in [5.41, 5.74) is 1.53. The fraction of sp³-hybridized carbons (Fsp3) is 0.182. The van der Waals surface area contributed by atoms with E-state index >= 15 is 0 Å². The van der Waals surface area contributed by atoms with Crippen molar-refractivity contribution in [3.63, 3.8) is 0 Å². The van der Waals surface area contributed by atoms with Crippen molar-refractivity contribution in [2.45, 2.75) is 13.3 Å². The third-order valence-electron chi connectivity index (χ3n) is 4.50. The molecular weight excluding hydrogens is 400 g/mol. The summed E-state index contributed by atoms with van der Waals surface area (Å²) in [7, 11) is 3.16. The number of nitrogens with one attached hydrogen (secondary N) is 1. The number of carbonyl (C=O) groups excluding carboxylic acids is 1. The lowest BCUT2D eigenvalue weighted by Gasteiger charge is -2.12. The van der Waals surface area contributed by atoms with Gasteiger partial charge in [-0.25, -0.2) is 0 Å². The minimum atomic E-state index is -0.251. The average molecular weight is 420 g/mol. The van der Waals surface area contributed by atoms with Crippen LogP contribution in [0.2, 0.25) is 0 Å². The molecule has 2 aromatic carbocycles. The van der Waals surface area contributed by atoms with Crippen molar-refractivity contribution in [2.75, 3.05) is 19.5 Å². The highest BCUT2D eigenvalue weighted by Gasteiger charge is 2.12. The fourth-order valence-electron chi connectivity index (χ4n) is 3.04. The predicted octanol–water partition coefficient (Wildman–Crippen LogP) is 3.92. The van der Waals surface area contributed by atoms with Gasteiger partial charge in [-0.05, 0) is 36.8 Å². The van der Waals surface area contributed by atoms with Gasteiger partial charge in [0.05, 0.1) is 26.2 Å². The Kier molecular flexibility index (Phi) is 5.65. The molecule has 0 aliphatic carbocycles. The van der Waals surface area contributed by atoms with Crippen LogP contribution in [0, 0.1) is 6.92 Å². The van der Waals surface area contributed by atoms with Crippen molar-refractivity contribution in [3.8, 4) is 23.0 Å². The van der Waals surface area contributed by atoms with Crippen LogP contribution in [-0.2, 0) is 11.2 Å². The number of ether oxygens (including phenoxy) is 3. The van der Waals surface area contributed by atoms with Crippen molar-refractivity contribution in [1.82, 2.24) is 15.1 Å². The predicted molar refractivity (Wildman–Crippen MR) is 113 cm³/mol. The molecule has 9 heteroatoms. The van der Waals surface area contributed by atoms with E-state index in [1.807, 2.05) is 18.2 Å². The molecule has 158 valence electrons. The van der Waals surface area contributed by atoms with Crippen LogP contribution in [0.15, 0.2) is 53.2 Å². The van der Waals surface area contributed by atoms with Gasteiger partial charge in [0.25, 0.3) is 0 Å². The Balaban J connectivity index is 1.48. The van der Waals surface area contributed by atoms with E-state index in [1.54, 1.807) is 51.6 Å². The molecule has 0 radical (unpaired) electrons. The Morgan fingerprint density at radius 1 is 1.03 bits per heavy atom. The minimum absolute atomic E-state index is 0.0825. The molecule has 0 aliphatic rings. The second kappa shape index (κ2) is 8.70. The van der Waals surface area contributed by atoms with Crippen molar-refractivity contribution in [1.29, 1.82) is 0 Å². The Bertz CT molecular complexity index is 1220. The lowest BCUT2D eigenvalue weighted by Crippen LogP contribution is -2.14. The number of anilines is 1. The summed E-state index contributed by atoms with van der Waals surface area (Å²) < 4.78 is 21.7. The number of benzene rings is 2. The Morgan fingerprint density at radius 3 is 2.45 bits per heavy atom. The third-order valence-corrected chi connectivity index (χ3v) is 4.50. The topological polar surface area (TPSA) is 109 Å². The molecule has 2 aromatic heterocycles. The highest BCUT2D eigenvalue weighted by molar-refractivity contribution is 5.90. The number of carbonyl (C=O) groups is 1. The van der Waals surface area contributed by atoms with Gasteiger partial charge in [-0.2, -0.15) is 4.98 Å². The number of aromatic nitrogens is 3. The SMILES string of the molecule is COc1cc2nccc(Oc3ccc(CC(=O)Nc4nc(C)no4)cc3)c2cc1OC. The van der Waals surface area contributed by atoms with Gasteiger partial charge in [0.2, 0.25) is 5.91 Å². The van der Waals surface area contributed by atoms with Gasteiger partial charge in [-0.1, -0.05) is 17.3 Å². The van der Waals surface area contributed by atoms with Crippen LogP contribution < -0.4 is 19.5 Å². The van der Waals surface area contributed by atoms with E-state index in [1.165, 1.54) is 0 Å². The molecule has 0 spiro atoms. The molecule has 0 atom stereocenters. The first-order chi connectivity index (χ1) is 15.1. The van der Waals surface area contributed by atoms with Gasteiger partial charge in [-0.3, -0.25) is 15.1 Å². The van der Waals surface area contributed by atoms with Gasteiger partial charge in [0.15, 0.2) is 17.3 Å². The number of methoxy groups -OCH3 is 2. The highest BCUT2D eigenvalue weighted by atomic mass is 16.5. The van der Waals surface area contributed by atoms with E-state index in [4.69, 9.17) is 18.7 Å². The molecular formula is C22H20N4O5. The zero-order valence-corrected chi connectivity index (χ0v) is 17.2. The summed E-state index contributed by atoms with van der Waals surface area (Å²) in [6.07, 6.45) is 1.83. The summed E-state index contributed by atoms with van der Waals surface area (Å²) in [4.78, 5) is 20.4. The Morgan fingerprint density at radius 2 is 1.77 bits per heavy atom. The number of pyridine rings is 1. The number of hydrogen-bond acceptors (Lipinski definition) is 8. The summed E-state index contributed by atoms with van der Waals surface area (Å²) in [5.74, 6) is 2.64. The van der Waals surface area contributed by atoms with Crippen molar-refractivity contribution < 1.29 is 23.5 Å². The molecule has 0 saturated carbocycles. The number of rotatable bonds is 7. The number of aryl methyl sites for hydroxylation is 1. The van der Waals surface area contributed by atoms with Gasteiger partial charge in [0.1, 0.15) is 11.5 Å². The smallest absolute Gasteiger partial charge is 0.328 e. The maximum Gasteiger partial charge on any atom is 0.328 e. The Hall–Kier alpha value is -4.14. The van der Waals surface area contributed by atoms with Crippen LogP contribution in [0.1, 0.15) is 11.4 Å². The molecule has 0 bridgehead atoms. The van der Waals surface area contributed by atoms with Gasteiger partial charge >= 0.3 is 6.01 Å². The second-order valence-corrected chi connectivity index (χ2v) is 6.65. The lowest BCUT2D eigenvalue weighted by atomic mass is 10.1. The molecule has 9 nitrogen and oxygen atoms in total. The molecule has 31 heavy (non-hydrogen) atoms. The number of amides is 1. The van der Waals surface area contributed by atoms with Crippen LogP contribution >= 0.6 is 0 Å². The Labute approximate surface area is 178 Å². The maximum absolute atomic E-state index is 12.1. The fourth-order valence-corrected chi connectivity index (χ4v) is 3.04. The molecule has 4 rings (SSSR count). The maximum atomic E-state index is 12.1. The van der Waals surface area contributed by atoms with E-state index < -0.39 is 0 Å². The monoisotopic (exact) mass is 420 g/mol. The molecule has 0 unspecified atom stereocenters. The lowest BCUT2D eigenvalue weighted by molar-refractivity contribution is -0.115. The van der Waals surface area contributed by atoms with Crippen molar-refractivity contribution in [3.05, 3.63) is 60.0 Å². The average Bonchev–Trinajstić information content (AvgIpc) is 3.18.